The van der Waals surface area contributed by atoms with Crippen LogP contribution in [0, 0.1) is 0 Å². The van der Waals surface area contributed by atoms with E-state index in [0.29, 0.717) is 13.0 Å². The molecule has 76 valence electrons. The minimum Gasteiger partial charge on any atom is -0.373 e. The monoisotopic (exact) mass is 201 g/mol. The predicted octanol–water partition coefficient (Wildman–Crippen LogP) is 2.02. The van der Waals surface area contributed by atoms with Gasteiger partial charge in [0.15, 0.2) is 0 Å². The van der Waals surface area contributed by atoms with Crippen LogP contribution in [0.5, 0.6) is 0 Å². The Morgan fingerprint density at radius 1 is 1.13 bits per heavy atom. The SMILES string of the molecule is O=CONCc1cccc2ccccc12. The summed E-state index contributed by atoms with van der Waals surface area (Å²) in [4.78, 5) is 14.4. The number of hydroxylamine groups is 1. The summed E-state index contributed by atoms with van der Waals surface area (Å²) >= 11 is 0. The second kappa shape index (κ2) is 4.57. The Hall–Kier alpha value is -1.87. The molecule has 0 unspecified atom stereocenters. The average Bonchev–Trinajstić information content (AvgIpc) is 2.30. The van der Waals surface area contributed by atoms with Gasteiger partial charge in [-0.1, -0.05) is 42.5 Å². The maximum atomic E-state index is 9.97. The van der Waals surface area contributed by atoms with Gasteiger partial charge in [-0.25, -0.2) is 0 Å². The van der Waals surface area contributed by atoms with E-state index >= 15 is 0 Å². The molecule has 0 radical (unpaired) electrons. The van der Waals surface area contributed by atoms with Gasteiger partial charge in [-0.05, 0) is 16.3 Å². The molecule has 0 saturated carbocycles. The molecule has 1 N–H and O–H groups in total. The Labute approximate surface area is 87.6 Å². The van der Waals surface area contributed by atoms with Crippen molar-refractivity contribution in [3.63, 3.8) is 0 Å². The van der Waals surface area contributed by atoms with Crippen molar-refractivity contribution in [3.05, 3.63) is 48.0 Å². The van der Waals surface area contributed by atoms with E-state index in [9.17, 15) is 4.79 Å². The third-order valence-electron chi connectivity index (χ3n) is 2.27. The number of carbonyl (C=O) groups is 1. The second-order valence-electron chi connectivity index (χ2n) is 3.17. The van der Waals surface area contributed by atoms with Gasteiger partial charge in [0.05, 0.1) is 6.54 Å². The summed E-state index contributed by atoms with van der Waals surface area (Å²) in [6.07, 6.45) is 0. The highest BCUT2D eigenvalue weighted by Crippen LogP contribution is 2.17. The molecule has 0 aliphatic heterocycles. The van der Waals surface area contributed by atoms with Crippen LogP contribution in [0.2, 0.25) is 0 Å². The van der Waals surface area contributed by atoms with Crippen molar-refractivity contribution in [1.82, 2.24) is 5.48 Å². The highest BCUT2D eigenvalue weighted by atomic mass is 16.7. The van der Waals surface area contributed by atoms with E-state index in [0.717, 1.165) is 5.56 Å². The Balaban J connectivity index is 2.30. The lowest BCUT2D eigenvalue weighted by Crippen LogP contribution is -2.12. The molecule has 0 aliphatic rings. The molecule has 3 nitrogen and oxygen atoms in total. The van der Waals surface area contributed by atoms with Gasteiger partial charge in [0, 0.05) is 0 Å². The van der Waals surface area contributed by atoms with Crippen LogP contribution in [-0.4, -0.2) is 6.47 Å². The van der Waals surface area contributed by atoms with E-state index in [1.54, 1.807) is 0 Å². The maximum absolute atomic E-state index is 9.97. The van der Waals surface area contributed by atoms with Crippen molar-refractivity contribution in [2.45, 2.75) is 6.54 Å². The van der Waals surface area contributed by atoms with Crippen molar-refractivity contribution in [3.8, 4) is 0 Å². The van der Waals surface area contributed by atoms with Crippen LogP contribution in [0.25, 0.3) is 10.8 Å². The summed E-state index contributed by atoms with van der Waals surface area (Å²) in [5, 5.41) is 2.35. The van der Waals surface area contributed by atoms with Crippen LogP contribution >= 0.6 is 0 Å². The molecule has 0 aromatic heterocycles. The fourth-order valence-electron chi connectivity index (χ4n) is 1.60. The van der Waals surface area contributed by atoms with E-state index in [-0.39, 0.29) is 0 Å². The first-order valence-corrected chi connectivity index (χ1v) is 4.70. The molecule has 0 bridgehead atoms. The molecule has 15 heavy (non-hydrogen) atoms. The summed E-state index contributed by atoms with van der Waals surface area (Å²) in [6.45, 7) is 0.894. The number of rotatable bonds is 4. The van der Waals surface area contributed by atoms with E-state index in [4.69, 9.17) is 0 Å². The zero-order chi connectivity index (χ0) is 10.5. The van der Waals surface area contributed by atoms with E-state index in [2.05, 4.69) is 22.5 Å². The van der Waals surface area contributed by atoms with Crippen LogP contribution in [0.4, 0.5) is 0 Å². The van der Waals surface area contributed by atoms with Crippen molar-refractivity contribution in [2.75, 3.05) is 0 Å². The van der Waals surface area contributed by atoms with Gasteiger partial charge in [-0.2, -0.15) is 0 Å². The van der Waals surface area contributed by atoms with E-state index < -0.39 is 0 Å². The lowest BCUT2D eigenvalue weighted by Gasteiger charge is -2.05. The molecule has 0 spiro atoms. The van der Waals surface area contributed by atoms with Crippen LogP contribution in [0.3, 0.4) is 0 Å². The first-order valence-electron chi connectivity index (χ1n) is 4.70. The zero-order valence-electron chi connectivity index (χ0n) is 8.14. The normalized spacial score (nSPS) is 10.1. The van der Waals surface area contributed by atoms with Crippen molar-refractivity contribution < 1.29 is 9.63 Å². The van der Waals surface area contributed by atoms with Crippen molar-refractivity contribution in [2.24, 2.45) is 0 Å². The Kier molecular flexibility index (Phi) is 2.95. The molecule has 0 fully saturated rings. The molecule has 3 heteroatoms. The smallest absolute Gasteiger partial charge is 0.312 e. The molecule has 0 amide bonds. The average molecular weight is 201 g/mol. The largest absolute Gasteiger partial charge is 0.373 e. The second-order valence-corrected chi connectivity index (χ2v) is 3.17. The number of hydrogen-bond donors (Lipinski definition) is 1. The fourth-order valence-corrected chi connectivity index (χ4v) is 1.60. The van der Waals surface area contributed by atoms with Crippen LogP contribution in [-0.2, 0) is 16.2 Å². The molecule has 0 saturated heterocycles. The highest BCUT2D eigenvalue weighted by Gasteiger charge is 1.98. The van der Waals surface area contributed by atoms with Gasteiger partial charge in [0.1, 0.15) is 0 Å². The van der Waals surface area contributed by atoms with Crippen LogP contribution in [0.15, 0.2) is 42.5 Å². The third-order valence-corrected chi connectivity index (χ3v) is 2.27. The highest BCUT2D eigenvalue weighted by molar-refractivity contribution is 5.85. The molecule has 2 aromatic rings. The summed E-state index contributed by atoms with van der Waals surface area (Å²) < 4.78 is 0. The topological polar surface area (TPSA) is 38.3 Å². The third kappa shape index (κ3) is 2.14. The van der Waals surface area contributed by atoms with Crippen LogP contribution < -0.4 is 5.48 Å². The number of nitrogens with one attached hydrogen (secondary N) is 1. The molecular formula is C12H11NO2. The standard InChI is InChI=1S/C12H11NO2/c14-9-15-13-8-11-6-3-5-10-4-1-2-7-12(10)11/h1-7,9,13H,8H2. The molecular weight excluding hydrogens is 190 g/mol. The predicted molar refractivity (Wildman–Crippen MR) is 57.9 cm³/mol. The van der Waals surface area contributed by atoms with E-state index in [1.165, 1.54) is 10.8 Å². The molecule has 0 aliphatic carbocycles. The Morgan fingerprint density at radius 2 is 1.93 bits per heavy atom. The van der Waals surface area contributed by atoms with Crippen LogP contribution in [0.1, 0.15) is 5.56 Å². The van der Waals surface area contributed by atoms with Gasteiger partial charge in [-0.3, -0.25) is 4.79 Å². The van der Waals surface area contributed by atoms with Gasteiger partial charge in [-0.15, -0.1) is 5.48 Å². The molecule has 0 heterocycles. The van der Waals surface area contributed by atoms with Gasteiger partial charge >= 0.3 is 6.47 Å². The Morgan fingerprint density at radius 3 is 2.80 bits per heavy atom. The lowest BCUT2D eigenvalue weighted by atomic mass is 10.1. The zero-order valence-corrected chi connectivity index (χ0v) is 8.14. The summed E-state index contributed by atoms with van der Waals surface area (Å²) in [6, 6.07) is 14.1. The first kappa shape index (κ1) is 9.68. The lowest BCUT2D eigenvalue weighted by molar-refractivity contribution is -0.135. The molecule has 2 rings (SSSR count). The number of fused-ring (bicyclic) bond motifs is 1. The number of carbonyl (C=O) groups excluding carboxylic acids is 1. The fraction of sp³-hybridized carbons (Fsp3) is 0.0833. The minimum absolute atomic E-state index is 0.380. The number of benzene rings is 2. The van der Waals surface area contributed by atoms with Gasteiger partial charge in [0.2, 0.25) is 0 Å². The van der Waals surface area contributed by atoms with Gasteiger partial charge < -0.3 is 4.84 Å². The quantitative estimate of drug-likeness (QED) is 0.467. The molecule has 0 atom stereocenters. The maximum Gasteiger partial charge on any atom is 0.312 e. The number of hydrogen-bond acceptors (Lipinski definition) is 3. The summed E-state index contributed by atoms with van der Waals surface area (Å²) in [5.41, 5.74) is 3.68. The van der Waals surface area contributed by atoms with Crippen molar-refractivity contribution >= 4 is 17.2 Å². The van der Waals surface area contributed by atoms with Gasteiger partial charge in [0.25, 0.3) is 0 Å². The minimum atomic E-state index is 0.380. The van der Waals surface area contributed by atoms with Crippen molar-refractivity contribution in [1.29, 1.82) is 0 Å². The van der Waals surface area contributed by atoms with E-state index in [1.807, 2.05) is 30.3 Å². The summed E-state index contributed by atoms with van der Waals surface area (Å²) in [7, 11) is 0. The summed E-state index contributed by atoms with van der Waals surface area (Å²) in [5.74, 6) is 0. The first-order chi connectivity index (χ1) is 7.42. The Bertz CT molecular complexity index is 463. The molecule has 2 aromatic carbocycles.